The van der Waals surface area contributed by atoms with Gasteiger partial charge in [-0.1, -0.05) is 6.07 Å². The van der Waals surface area contributed by atoms with Crippen LogP contribution in [0.15, 0.2) is 48.7 Å². The molecule has 2 aromatic heterocycles. The van der Waals surface area contributed by atoms with E-state index in [0.29, 0.717) is 12.2 Å². The van der Waals surface area contributed by atoms with E-state index in [1.807, 2.05) is 35.7 Å². The molecule has 0 saturated heterocycles. The predicted octanol–water partition coefficient (Wildman–Crippen LogP) is 3.03. The molecular weight excluding hydrogens is 252 g/mol. The molecule has 0 spiro atoms. The van der Waals surface area contributed by atoms with Crippen LogP contribution in [0.4, 0.5) is 0 Å². The number of imidazole rings is 1. The molecule has 0 saturated carbocycles. The molecule has 2 heterocycles. The number of hydrogen-bond donors (Lipinski definition) is 0. The summed E-state index contributed by atoms with van der Waals surface area (Å²) in [6.07, 6.45) is 2.79. The van der Waals surface area contributed by atoms with Gasteiger partial charge in [-0.3, -0.25) is 4.79 Å². The molecule has 4 nitrogen and oxygen atoms in total. The summed E-state index contributed by atoms with van der Waals surface area (Å²) < 4.78 is 7.71. The van der Waals surface area contributed by atoms with Gasteiger partial charge in [-0.15, -0.1) is 0 Å². The summed E-state index contributed by atoms with van der Waals surface area (Å²) in [7, 11) is 0. The zero-order valence-corrected chi connectivity index (χ0v) is 11.1. The Kier molecular flexibility index (Phi) is 3.21. The van der Waals surface area contributed by atoms with E-state index in [4.69, 9.17) is 4.74 Å². The number of aromatic nitrogens is 2. The highest BCUT2D eigenvalue weighted by molar-refractivity contribution is 5.74. The van der Waals surface area contributed by atoms with Crippen molar-refractivity contribution in [3.05, 3.63) is 65.6 Å². The van der Waals surface area contributed by atoms with Crippen LogP contribution in [0.25, 0.3) is 5.65 Å². The lowest BCUT2D eigenvalue weighted by Crippen LogP contribution is -1.95. The largest absolute Gasteiger partial charge is 0.487 e. The maximum Gasteiger partial charge on any atom is 0.150 e. The third-order valence-corrected chi connectivity index (χ3v) is 3.15. The van der Waals surface area contributed by atoms with E-state index in [2.05, 4.69) is 4.98 Å². The fourth-order valence-electron chi connectivity index (χ4n) is 2.07. The van der Waals surface area contributed by atoms with Crippen LogP contribution < -0.4 is 4.74 Å². The van der Waals surface area contributed by atoms with Crippen LogP contribution in [0.1, 0.15) is 21.7 Å². The number of pyridine rings is 1. The first-order valence-electron chi connectivity index (χ1n) is 6.38. The molecule has 0 bridgehead atoms. The first kappa shape index (κ1) is 12.4. The highest BCUT2D eigenvalue weighted by atomic mass is 16.5. The molecule has 0 aliphatic carbocycles. The summed E-state index contributed by atoms with van der Waals surface area (Å²) in [6.45, 7) is 2.44. The Bertz CT molecular complexity index is 745. The minimum Gasteiger partial charge on any atom is -0.487 e. The average molecular weight is 266 g/mol. The smallest absolute Gasteiger partial charge is 0.150 e. The number of carbonyl (C=O) groups is 1. The molecule has 0 atom stereocenters. The summed E-state index contributed by atoms with van der Waals surface area (Å²) >= 11 is 0. The summed E-state index contributed by atoms with van der Waals surface area (Å²) in [5, 5.41) is 0. The standard InChI is InChI=1S/C16H14N2O2/c1-12-3-2-4-16-17-14(9-18(12)16)11-20-15-7-5-13(10-19)6-8-15/h2-10H,11H2,1H3. The van der Waals surface area contributed by atoms with Gasteiger partial charge in [0.2, 0.25) is 0 Å². The molecule has 0 radical (unpaired) electrons. The number of aryl methyl sites for hydroxylation is 1. The minimum absolute atomic E-state index is 0.404. The SMILES string of the molecule is Cc1cccc2nc(COc3ccc(C=O)cc3)cn12. The molecule has 0 amide bonds. The second-order valence-electron chi connectivity index (χ2n) is 4.60. The lowest BCUT2D eigenvalue weighted by molar-refractivity contribution is 0.112. The fourth-order valence-corrected chi connectivity index (χ4v) is 2.07. The second kappa shape index (κ2) is 5.17. The van der Waals surface area contributed by atoms with Gasteiger partial charge in [0.1, 0.15) is 24.3 Å². The summed E-state index contributed by atoms with van der Waals surface area (Å²) in [4.78, 5) is 15.1. The lowest BCUT2D eigenvalue weighted by Gasteiger charge is -2.03. The predicted molar refractivity (Wildman–Crippen MR) is 76.1 cm³/mol. The number of rotatable bonds is 4. The van der Waals surface area contributed by atoms with Crippen LogP contribution in [-0.4, -0.2) is 15.7 Å². The molecule has 0 unspecified atom stereocenters. The van der Waals surface area contributed by atoms with E-state index in [1.165, 1.54) is 0 Å². The summed E-state index contributed by atoms with van der Waals surface area (Å²) in [5.41, 5.74) is 3.57. The number of carbonyl (C=O) groups excluding carboxylic acids is 1. The Labute approximate surface area is 116 Å². The van der Waals surface area contributed by atoms with E-state index in [0.717, 1.165) is 29.1 Å². The van der Waals surface area contributed by atoms with Gasteiger partial charge in [0, 0.05) is 17.5 Å². The maximum absolute atomic E-state index is 10.6. The molecule has 0 aliphatic rings. The number of nitrogens with zero attached hydrogens (tertiary/aromatic N) is 2. The van der Waals surface area contributed by atoms with Gasteiger partial charge in [-0.05, 0) is 43.3 Å². The monoisotopic (exact) mass is 266 g/mol. The molecule has 1 aromatic carbocycles. The van der Waals surface area contributed by atoms with Crippen molar-refractivity contribution < 1.29 is 9.53 Å². The molecule has 0 aliphatic heterocycles. The minimum atomic E-state index is 0.404. The van der Waals surface area contributed by atoms with Crippen molar-refractivity contribution in [2.45, 2.75) is 13.5 Å². The number of aldehydes is 1. The lowest BCUT2D eigenvalue weighted by atomic mass is 10.2. The van der Waals surface area contributed by atoms with E-state index < -0.39 is 0 Å². The van der Waals surface area contributed by atoms with E-state index in [9.17, 15) is 4.79 Å². The molecule has 3 rings (SSSR count). The van der Waals surface area contributed by atoms with Gasteiger partial charge < -0.3 is 9.14 Å². The number of benzene rings is 1. The number of hydrogen-bond acceptors (Lipinski definition) is 3. The summed E-state index contributed by atoms with van der Waals surface area (Å²) in [6, 6.07) is 13.0. The van der Waals surface area contributed by atoms with Crippen LogP contribution >= 0.6 is 0 Å². The highest BCUT2D eigenvalue weighted by Crippen LogP contribution is 2.14. The Balaban J connectivity index is 1.76. The second-order valence-corrected chi connectivity index (χ2v) is 4.60. The Hall–Kier alpha value is -2.62. The van der Waals surface area contributed by atoms with Gasteiger partial charge in [-0.25, -0.2) is 4.98 Å². The van der Waals surface area contributed by atoms with Crippen LogP contribution in [-0.2, 0) is 6.61 Å². The molecule has 3 aromatic rings. The molecule has 0 fully saturated rings. The van der Waals surface area contributed by atoms with Crippen LogP contribution in [0.3, 0.4) is 0 Å². The van der Waals surface area contributed by atoms with Crippen LogP contribution in [0.2, 0.25) is 0 Å². The van der Waals surface area contributed by atoms with Crippen molar-refractivity contribution in [1.82, 2.24) is 9.38 Å². The fraction of sp³-hybridized carbons (Fsp3) is 0.125. The maximum atomic E-state index is 10.6. The topological polar surface area (TPSA) is 43.6 Å². The van der Waals surface area contributed by atoms with Crippen molar-refractivity contribution >= 4 is 11.9 Å². The van der Waals surface area contributed by atoms with Crippen LogP contribution in [0, 0.1) is 6.92 Å². The highest BCUT2D eigenvalue weighted by Gasteiger charge is 2.04. The molecule has 4 heteroatoms. The quantitative estimate of drug-likeness (QED) is 0.682. The van der Waals surface area contributed by atoms with E-state index in [-0.39, 0.29) is 0 Å². The van der Waals surface area contributed by atoms with Crippen molar-refractivity contribution in [3.8, 4) is 5.75 Å². The zero-order valence-electron chi connectivity index (χ0n) is 11.1. The van der Waals surface area contributed by atoms with E-state index in [1.54, 1.807) is 24.3 Å². The number of fused-ring (bicyclic) bond motifs is 1. The van der Waals surface area contributed by atoms with Gasteiger partial charge in [0.15, 0.2) is 0 Å². The zero-order chi connectivity index (χ0) is 13.9. The van der Waals surface area contributed by atoms with Crippen molar-refractivity contribution in [1.29, 1.82) is 0 Å². The Morgan fingerprint density at radius 1 is 1.20 bits per heavy atom. The molecular formula is C16H14N2O2. The first-order valence-corrected chi connectivity index (χ1v) is 6.38. The van der Waals surface area contributed by atoms with Crippen molar-refractivity contribution in [3.63, 3.8) is 0 Å². The molecule has 20 heavy (non-hydrogen) atoms. The van der Waals surface area contributed by atoms with Gasteiger partial charge >= 0.3 is 0 Å². The number of ether oxygens (including phenoxy) is 1. The Morgan fingerprint density at radius 2 is 2.00 bits per heavy atom. The normalized spacial score (nSPS) is 10.7. The van der Waals surface area contributed by atoms with Gasteiger partial charge in [-0.2, -0.15) is 0 Å². The third kappa shape index (κ3) is 2.40. The molecule has 0 N–H and O–H groups in total. The average Bonchev–Trinajstić information content (AvgIpc) is 2.90. The Morgan fingerprint density at radius 3 is 2.70 bits per heavy atom. The van der Waals surface area contributed by atoms with E-state index >= 15 is 0 Å². The first-order chi connectivity index (χ1) is 9.76. The van der Waals surface area contributed by atoms with Gasteiger partial charge in [0.05, 0.1) is 5.69 Å². The van der Waals surface area contributed by atoms with Gasteiger partial charge in [0.25, 0.3) is 0 Å². The molecule has 100 valence electrons. The van der Waals surface area contributed by atoms with Crippen LogP contribution in [0.5, 0.6) is 5.75 Å². The summed E-state index contributed by atoms with van der Waals surface area (Å²) in [5.74, 6) is 0.726. The van der Waals surface area contributed by atoms with Crippen molar-refractivity contribution in [2.75, 3.05) is 0 Å². The third-order valence-electron chi connectivity index (χ3n) is 3.15. The van der Waals surface area contributed by atoms with Crippen molar-refractivity contribution in [2.24, 2.45) is 0 Å².